The molecule has 0 radical (unpaired) electrons. The molecule has 2 aromatic rings. The maximum Gasteiger partial charge on any atom is 0.251 e. The smallest absolute Gasteiger partial charge is 0.251 e. The number of nitrogens with zero attached hydrogens (tertiary/aromatic N) is 1. The van der Waals surface area contributed by atoms with E-state index in [4.69, 9.17) is 0 Å². The number of aromatic nitrogens is 1. The number of rotatable bonds is 4. The molecule has 3 nitrogen and oxygen atoms in total. The number of carbonyl (C=O) groups excluding carboxylic acids is 1. The van der Waals surface area contributed by atoms with E-state index in [2.05, 4.69) is 10.3 Å². The van der Waals surface area contributed by atoms with Crippen LogP contribution in [0.5, 0.6) is 0 Å². The molecule has 0 bridgehead atoms. The lowest BCUT2D eigenvalue weighted by Crippen LogP contribution is -2.26. The molecule has 0 aliphatic carbocycles. The average Bonchev–Trinajstić information content (AvgIpc) is 2.81. The van der Waals surface area contributed by atoms with Crippen LogP contribution in [0, 0.1) is 12.7 Å². The van der Waals surface area contributed by atoms with Gasteiger partial charge in [-0.1, -0.05) is 0 Å². The number of amides is 1. The van der Waals surface area contributed by atoms with Gasteiger partial charge in [0.05, 0.1) is 5.01 Å². The van der Waals surface area contributed by atoms with Gasteiger partial charge < -0.3 is 5.32 Å². The normalized spacial score (nSPS) is 10.3. The number of carbonyl (C=O) groups is 1. The molecule has 0 atom stereocenters. The molecule has 5 heteroatoms. The van der Waals surface area contributed by atoms with Crippen molar-refractivity contribution in [2.75, 3.05) is 6.54 Å². The van der Waals surface area contributed by atoms with Gasteiger partial charge in [0.15, 0.2) is 0 Å². The second-order valence-electron chi connectivity index (χ2n) is 3.89. The third-order valence-corrected chi connectivity index (χ3v) is 3.38. The zero-order chi connectivity index (χ0) is 13.0. The molecule has 0 saturated carbocycles. The lowest BCUT2D eigenvalue weighted by molar-refractivity contribution is 0.0953. The van der Waals surface area contributed by atoms with Crippen molar-refractivity contribution in [1.29, 1.82) is 0 Å². The van der Waals surface area contributed by atoms with E-state index in [-0.39, 0.29) is 11.7 Å². The Hall–Kier alpha value is -1.75. The van der Waals surface area contributed by atoms with E-state index < -0.39 is 0 Å². The van der Waals surface area contributed by atoms with E-state index in [1.54, 1.807) is 24.5 Å². The largest absolute Gasteiger partial charge is 0.352 e. The van der Waals surface area contributed by atoms with Crippen molar-refractivity contribution in [1.82, 2.24) is 10.3 Å². The van der Waals surface area contributed by atoms with E-state index in [0.717, 1.165) is 5.01 Å². The number of aryl methyl sites for hydroxylation is 1. The first-order valence-electron chi connectivity index (χ1n) is 5.59. The number of nitrogens with one attached hydrogen (secondary N) is 1. The van der Waals surface area contributed by atoms with Crippen molar-refractivity contribution in [2.24, 2.45) is 0 Å². The van der Waals surface area contributed by atoms with Gasteiger partial charge in [0, 0.05) is 30.1 Å². The molecule has 0 fully saturated rings. The van der Waals surface area contributed by atoms with Crippen LogP contribution < -0.4 is 5.32 Å². The number of halogens is 1. The molecular formula is C13H13FN2OS. The predicted octanol–water partition coefficient (Wildman–Crippen LogP) is 2.56. The predicted molar refractivity (Wildman–Crippen MR) is 69.3 cm³/mol. The van der Waals surface area contributed by atoms with Gasteiger partial charge in [0.1, 0.15) is 5.82 Å². The first-order chi connectivity index (χ1) is 8.66. The Labute approximate surface area is 109 Å². The summed E-state index contributed by atoms with van der Waals surface area (Å²) < 4.78 is 12.9. The third-order valence-electron chi connectivity index (χ3n) is 2.54. The zero-order valence-electron chi connectivity index (χ0n) is 9.94. The lowest BCUT2D eigenvalue weighted by Gasteiger charge is -2.06. The molecule has 1 N–H and O–H groups in total. The quantitative estimate of drug-likeness (QED) is 0.922. The summed E-state index contributed by atoms with van der Waals surface area (Å²) >= 11 is 1.56. The molecule has 1 aromatic heterocycles. The number of hydrogen-bond acceptors (Lipinski definition) is 3. The van der Waals surface area contributed by atoms with Crippen LogP contribution in [0.3, 0.4) is 0 Å². The van der Waals surface area contributed by atoms with Gasteiger partial charge >= 0.3 is 0 Å². The van der Waals surface area contributed by atoms with Crippen LogP contribution in [0.2, 0.25) is 0 Å². The van der Waals surface area contributed by atoms with Crippen molar-refractivity contribution < 1.29 is 9.18 Å². The van der Waals surface area contributed by atoms with Crippen LogP contribution in [-0.4, -0.2) is 17.4 Å². The summed E-state index contributed by atoms with van der Waals surface area (Å²) in [4.78, 5) is 16.0. The molecule has 0 aliphatic rings. The van der Waals surface area contributed by atoms with Crippen LogP contribution in [-0.2, 0) is 6.42 Å². The molecule has 18 heavy (non-hydrogen) atoms. The van der Waals surface area contributed by atoms with Gasteiger partial charge in [-0.05, 0) is 30.7 Å². The van der Waals surface area contributed by atoms with E-state index in [0.29, 0.717) is 24.1 Å². The molecule has 1 aromatic carbocycles. The second-order valence-corrected chi connectivity index (χ2v) is 4.87. The molecule has 1 heterocycles. The summed E-state index contributed by atoms with van der Waals surface area (Å²) in [6.45, 7) is 2.25. The van der Waals surface area contributed by atoms with Gasteiger partial charge in [-0.3, -0.25) is 4.79 Å². The minimum Gasteiger partial charge on any atom is -0.352 e. The maximum absolute atomic E-state index is 12.9. The maximum atomic E-state index is 12.9. The van der Waals surface area contributed by atoms with Crippen LogP contribution >= 0.6 is 11.3 Å². The highest BCUT2D eigenvalue weighted by Gasteiger charge is 2.09. The number of thiazole rings is 1. The van der Waals surface area contributed by atoms with Crippen molar-refractivity contribution in [3.63, 3.8) is 0 Å². The molecule has 0 spiro atoms. The first kappa shape index (κ1) is 12.7. The third kappa shape index (κ3) is 3.13. The standard InChI is InChI=1S/C13H13FN2OS/c1-9-8-10(14)2-3-11(9)13(17)16-5-4-12-15-6-7-18-12/h2-3,6-8H,4-5H2,1H3,(H,16,17). The van der Waals surface area contributed by atoms with Gasteiger partial charge in [-0.25, -0.2) is 9.37 Å². The fraction of sp³-hybridized carbons (Fsp3) is 0.231. The molecule has 0 unspecified atom stereocenters. The summed E-state index contributed by atoms with van der Waals surface area (Å²) in [6.07, 6.45) is 2.45. The van der Waals surface area contributed by atoms with Crippen LogP contribution in [0.1, 0.15) is 20.9 Å². The molecule has 1 amide bonds. The zero-order valence-corrected chi connectivity index (χ0v) is 10.8. The van der Waals surface area contributed by atoms with E-state index >= 15 is 0 Å². The highest BCUT2D eigenvalue weighted by Crippen LogP contribution is 2.10. The molecule has 94 valence electrons. The monoisotopic (exact) mass is 264 g/mol. The highest BCUT2D eigenvalue weighted by molar-refractivity contribution is 7.09. The Morgan fingerprint density at radius 3 is 3.00 bits per heavy atom. The van der Waals surface area contributed by atoms with Crippen LogP contribution in [0.25, 0.3) is 0 Å². The van der Waals surface area contributed by atoms with Crippen molar-refractivity contribution in [3.8, 4) is 0 Å². The fourth-order valence-corrected chi connectivity index (χ4v) is 2.26. The summed E-state index contributed by atoms with van der Waals surface area (Å²) in [7, 11) is 0. The van der Waals surface area contributed by atoms with Gasteiger partial charge in [0.2, 0.25) is 0 Å². The topological polar surface area (TPSA) is 42.0 Å². The minimum absolute atomic E-state index is 0.177. The molecular weight excluding hydrogens is 251 g/mol. The highest BCUT2D eigenvalue weighted by atomic mass is 32.1. The Kier molecular flexibility index (Phi) is 4.04. The number of hydrogen-bond donors (Lipinski definition) is 1. The van der Waals surface area contributed by atoms with E-state index in [9.17, 15) is 9.18 Å². The van der Waals surface area contributed by atoms with Crippen LogP contribution in [0.15, 0.2) is 29.8 Å². The fourth-order valence-electron chi connectivity index (χ4n) is 1.64. The Morgan fingerprint density at radius 1 is 1.50 bits per heavy atom. The number of benzene rings is 1. The summed E-state index contributed by atoms with van der Waals surface area (Å²) in [6, 6.07) is 4.15. The lowest BCUT2D eigenvalue weighted by atomic mass is 10.1. The van der Waals surface area contributed by atoms with Gasteiger partial charge in [-0.2, -0.15) is 0 Å². The summed E-state index contributed by atoms with van der Waals surface area (Å²) in [5.74, 6) is -0.504. The van der Waals surface area contributed by atoms with E-state index in [1.807, 2.05) is 5.38 Å². The van der Waals surface area contributed by atoms with Crippen molar-refractivity contribution in [2.45, 2.75) is 13.3 Å². The molecule has 2 rings (SSSR count). The van der Waals surface area contributed by atoms with E-state index in [1.165, 1.54) is 18.2 Å². The summed E-state index contributed by atoms with van der Waals surface area (Å²) in [5, 5.41) is 5.70. The van der Waals surface area contributed by atoms with Crippen LogP contribution in [0.4, 0.5) is 4.39 Å². The first-order valence-corrected chi connectivity index (χ1v) is 6.47. The van der Waals surface area contributed by atoms with Crippen molar-refractivity contribution in [3.05, 3.63) is 51.7 Å². The minimum atomic E-state index is -0.327. The molecule has 0 saturated heterocycles. The Morgan fingerprint density at radius 2 is 2.33 bits per heavy atom. The SMILES string of the molecule is Cc1cc(F)ccc1C(=O)NCCc1nccs1. The Balaban J connectivity index is 1.91. The average molecular weight is 264 g/mol. The second kappa shape index (κ2) is 5.73. The van der Waals surface area contributed by atoms with Gasteiger partial charge in [-0.15, -0.1) is 11.3 Å². The van der Waals surface area contributed by atoms with Gasteiger partial charge in [0.25, 0.3) is 5.91 Å². The molecule has 0 aliphatic heterocycles. The van der Waals surface area contributed by atoms with Crippen molar-refractivity contribution >= 4 is 17.2 Å². The summed E-state index contributed by atoms with van der Waals surface area (Å²) in [5.41, 5.74) is 1.15. The Bertz CT molecular complexity index is 540.